The molecular weight excluding hydrogens is 309 g/mol. The van der Waals surface area contributed by atoms with Crippen LogP contribution in [0.5, 0.6) is 0 Å². The minimum atomic E-state index is -0.597. The van der Waals surface area contributed by atoms with Crippen molar-refractivity contribution in [2.75, 3.05) is 13.1 Å². The Bertz CT molecular complexity index is 674. The molecule has 5 nitrogen and oxygen atoms in total. The van der Waals surface area contributed by atoms with Gasteiger partial charge in [0.05, 0.1) is 6.42 Å². The second-order valence-corrected chi connectivity index (χ2v) is 5.35. The van der Waals surface area contributed by atoms with Gasteiger partial charge in [0.15, 0.2) is 0 Å². The van der Waals surface area contributed by atoms with E-state index in [1.54, 1.807) is 12.1 Å². The molecular formula is C18H20FN3O2. The molecule has 2 aromatic carbocycles. The molecule has 0 saturated carbocycles. The number of carbonyl (C=O) groups is 2. The van der Waals surface area contributed by atoms with Gasteiger partial charge in [-0.2, -0.15) is 0 Å². The largest absolute Gasteiger partial charge is 0.368 e. The molecule has 0 aromatic heterocycles. The predicted molar refractivity (Wildman–Crippen MR) is 89.5 cm³/mol. The Balaban J connectivity index is 1.75. The highest BCUT2D eigenvalue weighted by atomic mass is 19.1. The van der Waals surface area contributed by atoms with Crippen molar-refractivity contribution in [3.63, 3.8) is 0 Å². The maximum absolute atomic E-state index is 12.8. The normalized spacial score (nSPS) is 11.7. The molecule has 0 radical (unpaired) electrons. The summed E-state index contributed by atoms with van der Waals surface area (Å²) in [6, 6.07) is 14.3. The average Bonchev–Trinajstić information content (AvgIpc) is 2.57. The number of primary amides is 1. The summed E-state index contributed by atoms with van der Waals surface area (Å²) in [5, 5.41) is 5.77. The van der Waals surface area contributed by atoms with E-state index in [1.807, 2.05) is 30.3 Å². The summed E-state index contributed by atoms with van der Waals surface area (Å²) in [5.41, 5.74) is 6.92. The topological polar surface area (TPSA) is 84.2 Å². The van der Waals surface area contributed by atoms with Gasteiger partial charge < -0.3 is 16.4 Å². The molecule has 0 spiro atoms. The molecule has 0 aliphatic heterocycles. The predicted octanol–water partition coefficient (Wildman–Crippen LogP) is 1.30. The van der Waals surface area contributed by atoms with Crippen LogP contribution >= 0.6 is 0 Å². The summed E-state index contributed by atoms with van der Waals surface area (Å²) in [4.78, 5) is 23.4. The third-order valence-electron chi connectivity index (χ3n) is 3.49. The van der Waals surface area contributed by atoms with Crippen LogP contribution in [-0.4, -0.2) is 24.9 Å². The van der Waals surface area contributed by atoms with E-state index in [-0.39, 0.29) is 18.1 Å². The Morgan fingerprint density at radius 2 is 1.67 bits per heavy atom. The van der Waals surface area contributed by atoms with E-state index in [4.69, 9.17) is 5.73 Å². The molecule has 0 heterocycles. The second kappa shape index (κ2) is 8.79. The van der Waals surface area contributed by atoms with Gasteiger partial charge in [0.25, 0.3) is 0 Å². The van der Waals surface area contributed by atoms with Crippen molar-refractivity contribution < 1.29 is 14.0 Å². The van der Waals surface area contributed by atoms with Gasteiger partial charge in [0.2, 0.25) is 11.8 Å². The summed E-state index contributed by atoms with van der Waals surface area (Å²) < 4.78 is 12.8. The first kappa shape index (κ1) is 17.6. The minimum Gasteiger partial charge on any atom is -0.368 e. The van der Waals surface area contributed by atoms with Crippen LogP contribution in [-0.2, 0) is 16.0 Å². The SMILES string of the molecule is NC(=O)C(NCCNC(=O)Cc1ccc(F)cc1)c1ccccc1. The van der Waals surface area contributed by atoms with Crippen LogP contribution in [0.2, 0.25) is 0 Å². The zero-order chi connectivity index (χ0) is 17.4. The van der Waals surface area contributed by atoms with Crippen molar-refractivity contribution >= 4 is 11.8 Å². The molecule has 4 N–H and O–H groups in total. The van der Waals surface area contributed by atoms with Gasteiger partial charge in [-0.15, -0.1) is 0 Å². The lowest BCUT2D eigenvalue weighted by molar-refractivity contribution is -0.120. The molecule has 0 aliphatic rings. The lowest BCUT2D eigenvalue weighted by atomic mass is 10.1. The third kappa shape index (κ3) is 5.48. The summed E-state index contributed by atoms with van der Waals surface area (Å²) in [6.45, 7) is 0.758. The van der Waals surface area contributed by atoms with E-state index in [0.717, 1.165) is 11.1 Å². The molecule has 1 unspecified atom stereocenters. The standard InChI is InChI=1S/C18H20FN3O2/c19-15-8-6-13(7-9-15)12-16(23)21-10-11-22-17(18(20)24)14-4-2-1-3-5-14/h1-9,17,22H,10-12H2,(H2,20,24)(H,21,23). The average molecular weight is 329 g/mol. The first-order valence-corrected chi connectivity index (χ1v) is 7.65. The molecule has 126 valence electrons. The maximum Gasteiger partial charge on any atom is 0.239 e. The summed E-state index contributed by atoms with van der Waals surface area (Å²) in [7, 11) is 0. The molecule has 0 bridgehead atoms. The highest BCUT2D eigenvalue weighted by molar-refractivity contribution is 5.81. The molecule has 2 aromatic rings. The number of rotatable bonds is 8. The number of amides is 2. The van der Waals surface area contributed by atoms with Crippen molar-refractivity contribution in [2.24, 2.45) is 5.73 Å². The molecule has 0 aliphatic carbocycles. The second-order valence-electron chi connectivity index (χ2n) is 5.35. The van der Waals surface area contributed by atoms with Crippen LogP contribution < -0.4 is 16.4 Å². The van der Waals surface area contributed by atoms with Crippen molar-refractivity contribution in [1.82, 2.24) is 10.6 Å². The van der Waals surface area contributed by atoms with Crippen LogP contribution in [0.4, 0.5) is 4.39 Å². The fraction of sp³-hybridized carbons (Fsp3) is 0.222. The molecule has 1 atom stereocenters. The number of hydrogen-bond donors (Lipinski definition) is 3. The Morgan fingerprint density at radius 1 is 1.00 bits per heavy atom. The van der Waals surface area contributed by atoms with Gasteiger partial charge in [-0.25, -0.2) is 4.39 Å². The van der Waals surface area contributed by atoms with Crippen molar-refractivity contribution in [3.05, 3.63) is 71.5 Å². The first-order chi connectivity index (χ1) is 11.6. The lowest BCUT2D eigenvalue weighted by Crippen LogP contribution is -2.39. The number of hydrogen-bond acceptors (Lipinski definition) is 3. The van der Waals surface area contributed by atoms with Crippen LogP contribution in [0.15, 0.2) is 54.6 Å². The van der Waals surface area contributed by atoms with E-state index < -0.39 is 11.9 Å². The Kier molecular flexibility index (Phi) is 6.45. The molecule has 2 rings (SSSR count). The quantitative estimate of drug-likeness (QED) is 0.638. The van der Waals surface area contributed by atoms with E-state index in [9.17, 15) is 14.0 Å². The zero-order valence-electron chi connectivity index (χ0n) is 13.2. The summed E-state index contributed by atoms with van der Waals surface area (Å²) in [5.74, 6) is -0.973. The van der Waals surface area contributed by atoms with E-state index >= 15 is 0 Å². The highest BCUT2D eigenvalue weighted by Gasteiger charge is 2.16. The monoisotopic (exact) mass is 329 g/mol. The number of nitrogens with one attached hydrogen (secondary N) is 2. The molecule has 0 saturated heterocycles. The van der Waals surface area contributed by atoms with Crippen LogP contribution in [0, 0.1) is 5.82 Å². The molecule has 6 heteroatoms. The van der Waals surface area contributed by atoms with Gasteiger partial charge in [0.1, 0.15) is 11.9 Å². The van der Waals surface area contributed by atoms with E-state index in [2.05, 4.69) is 10.6 Å². The maximum atomic E-state index is 12.8. The van der Waals surface area contributed by atoms with Crippen LogP contribution in [0.3, 0.4) is 0 Å². The first-order valence-electron chi connectivity index (χ1n) is 7.65. The molecule has 0 fully saturated rings. The molecule has 2 amide bonds. The summed E-state index contributed by atoms with van der Waals surface area (Å²) in [6.07, 6.45) is 0.179. The number of nitrogens with two attached hydrogens (primary N) is 1. The van der Waals surface area contributed by atoms with Gasteiger partial charge >= 0.3 is 0 Å². The van der Waals surface area contributed by atoms with Gasteiger partial charge in [-0.1, -0.05) is 42.5 Å². The van der Waals surface area contributed by atoms with Gasteiger partial charge in [0, 0.05) is 13.1 Å². The minimum absolute atomic E-state index is 0.168. The van der Waals surface area contributed by atoms with E-state index in [1.165, 1.54) is 12.1 Å². The molecule has 24 heavy (non-hydrogen) atoms. The number of benzene rings is 2. The van der Waals surface area contributed by atoms with E-state index in [0.29, 0.717) is 13.1 Å². The highest BCUT2D eigenvalue weighted by Crippen LogP contribution is 2.11. The van der Waals surface area contributed by atoms with Gasteiger partial charge in [-0.3, -0.25) is 9.59 Å². The van der Waals surface area contributed by atoms with Crippen molar-refractivity contribution in [3.8, 4) is 0 Å². The Morgan fingerprint density at radius 3 is 2.29 bits per heavy atom. The Labute approximate surface area is 140 Å². The van der Waals surface area contributed by atoms with Crippen LogP contribution in [0.25, 0.3) is 0 Å². The van der Waals surface area contributed by atoms with Crippen LogP contribution in [0.1, 0.15) is 17.2 Å². The van der Waals surface area contributed by atoms with Crippen molar-refractivity contribution in [1.29, 1.82) is 0 Å². The fourth-order valence-electron chi connectivity index (χ4n) is 2.30. The van der Waals surface area contributed by atoms with Gasteiger partial charge in [-0.05, 0) is 23.3 Å². The summed E-state index contributed by atoms with van der Waals surface area (Å²) >= 11 is 0. The third-order valence-corrected chi connectivity index (χ3v) is 3.49. The number of halogens is 1. The fourth-order valence-corrected chi connectivity index (χ4v) is 2.30. The Hall–Kier alpha value is -2.73. The number of carbonyl (C=O) groups excluding carboxylic acids is 2. The zero-order valence-corrected chi connectivity index (χ0v) is 13.2. The smallest absolute Gasteiger partial charge is 0.239 e. The van der Waals surface area contributed by atoms with Crippen molar-refractivity contribution in [2.45, 2.75) is 12.5 Å². The lowest BCUT2D eigenvalue weighted by Gasteiger charge is -2.16.